The minimum Gasteiger partial charge on any atom is -0.289 e. The molecule has 1 aromatic carbocycles. The Labute approximate surface area is 115 Å². The Morgan fingerprint density at radius 2 is 1.55 bits per heavy atom. The average Bonchev–Trinajstić information content (AvgIpc) is 2.43. The fourth-order valence-corrected chi connectivity index (χ4v) is 3.16. The van der Waals surface area contributed by atoms with Gasteiger partial charge in [-0.05, 0) is 18.9 Å². The molecule has 20 heavy (non-hydrogen) atoms. The molecule has 6 heteroatoms. The molecule has 0 saturated heterocycles. The number of carbonyl (C=O) groups is 2. The number of benzene rings is 1. The van der Waals surface area contributed by atoms with Crippen molar-refractivity contribution >= 4 is 21.7 Å². The Bertz CT molecular complexity index is 812. The molecule has 5 nitrogen and oxygen atoms in total. The second-order valence-corrected chi connectivity index (χ2v) is 6.16. The van der Waals surface area contributed by atoms with Crippen LogP contribution in [0.25, 0.3) is 0 Å². The molecule has 2 aliphatic carbocycles. The third-order valence-corrected chi connectivity index (χ3v) is 4.50. The van der Waals surface area contributed by atoms with Crippen LogP contribution in [0.5, 0.6) is 0 Å². The maximum atomic E-state index is 12.3. The summed E-state index contributed by atoms with van der Waals surface area (Å²) in [6.07, 6.45) is 1.28. The molecule has 0 fully saturated rings. The Kier molecular flexibility index (Phi) is 2.74. The van der Waals surface area contributed by atoms with Crippen LogP contribution in [-0.2, 0) is 10.1 Å². The lowest BCUT2D eigenvalue weighted by Gasteiger charge is -2.23. The summed E-state index contributed by atoms with van der Waals surface area (Å²) in [4.78, 5) is 24.4. The first-order valence-electron chi connectivity index (χ1n) is 5.99. The molecular formula is C14H10O5S. The van der Waals surface area contributed by atoms with Crippen molar-refractivity contribution in [3.63, 3.8) is 0 Å². The van der Waals surface area contributed by atoms with Gasteiger partial charge in [-0.3, -0.25) is 14.1 Å². The minimum absolute atomic E-state index is 0.0266. The highest BCUT2D eigenvalue weighted by molar-refractivity contribution is 7.89. The van der Waals surface area contributed by atoms with Gasteiger partial charge < -0.3 is 0 Å². The lowest BCUT2D eigenvalue weighted by Crippen LogP contribution is -2.24. The van der Waals surface area contributed by atoms with E-state index in [-0.39, 0.29) is 40.4 Å². The van der Waals surface area contributed by atoms with Gasteiger partial charge in [-0.2, -0.15) is 8.42 Å². The third kappa shape index (κ3) is 1.85. The van der Waals surface area contributed by atoms with Gasteiger partial charge >= 0.3 is 0 Å². The van der Waals surface area contributed by atoms with Gasteiger partial charge in [0, 0.05) is 22.3 Å². The predicted molar refractivity (Wildman–Crippen MR) is 71.0 cm³/mol. The molecule has 0 atom stereocenters. The molecule has 1 N–H and O–H groups in total. The van der Waals surface area contributed by atoms with Crippen molar-refractivity contribution in [1.29, 1.82) is 0 Å². The Hall–Kier alpha value is -2.05. The molecule has 2 aliphatic rings. The van der Waals surface area contributed by atoms with E-state index in [1.54, 1.807) is 18.2 Å². The van der Waals surface area contributed by atoms with Gasteiger partial charge in [0.1, 0.15) is 0 Å². The molecule has 0 aliphatic heterocycles. The highest BCUT2D eigenvalue weighted by Crippen LogP contribution is 2.35. The number of hydrogen-bond donors (Lipinski definition) is 1. The number of carbonyl (C=O) groups excluding carboxylic acids is 2. The SMILES string of the molecule is O=C1C2=C(CCC(S(=O)(=O)O)=C2)C(=O)c2ccccc21. The molecule has 0 unspecified atom stereocenters. The van der Waals surface area contributed by atoms with Crippen LogP contribution in [0, 0.1) is 0 Å². The van der Waals surface area contributed by atoms with Crippen molar-refractivity contribution in [2.45, 2.75) is 12.8 Å². The molecule has 0 spiro atoms. The number of rotatable bonds is 1. The molecule has 0 aromatic heterocycles. The van der Waals surface area contributed by atoms with E-state index in [1.165, 1.54) is 6.07 Å². The van der Waals surface area contributed by atoms with Crippen molar-refractivity contribution in [3.05, 3.63) is 57.5 Å². The van der Waals surface area contributed by atoms with Crippen LogP contribution in [0.15, 0.2) is 46.4 Å². The highest BCUT2D eigenvalue weighted by atomic mass is 32.2. The largest absolute Gasteiger partial charge is 0.290 e. The third-order valence-electron chi connectivity index (χ3n) is 3.52. The average molecular weight is 290 g/mol. The molecule has 0 bridgehead atoms. The normalized spacial score (nSPS) is 18.6. The zero-order valence-corrected chi connectivity index (χ0v) is 11.1. The highest BCUT2D eigenvalue weighted by Gasteiger charge is 2.34. The van der Waals surface area contributed by atoms with Crippen molar-refractivity contribution in [1.82, 2.24) is 0 Å². The summed E-state index contributed by atoms with van der Waals surface area (Å²) in [6, 6.07) is 6.44. The van der Waals surface area contributed by atoms with E-state index in [1.807, 2.05) is 0 Å². The van der Waals surface area contributed by atoms with Gasteiger partial charge in [0.15, 0.2) is 11.6 Å². The molecule has 1 aromatic rings. The zero-order valence-electron chi connectivity index (χ0n) is 10.3. The van der Waals surface area contributed by atoms with E-state index < -0.39 is 10.1 Å². The van der Waals surface area contributed by atoms with Crippen molar-refractivity contribution in [2.24, 2.45) is 0 Å². The van der Waals surface area contributed by atoms with Crippen LogP contribution >= 0.6 is 0 Å². The van der Waals surface area contributed by atoms with Crippen LogP contribution < -0.4 is 0 Å². The smallest absolute Gasteiger partial charge is 0.289 e. The monoisotopic (exact) mass is 290 g/mol. The van der Waals surface area contributed by atoms with Gasteiger partial charge in [0.05, 0.1) is 4.91 Å². The van der Waals surface area contributed by atoms with Crippen molar-refractivity contribution < 1.29 is 22.6 Å². The molecule has 0 radical (unpaired) electrons. The zero-order chi connectivity index (χ0) is 14.5. The second-order valence-electron chi connectivity index (χ2n) is 4.68. The summed E-state index contributed by atoms with van der Waals surface area (Å²) < 4.78 is 31.4. The summed E-state index contributed by atoms with van der Waals surface area (Å²) in [5, 5.41) is 0. The molecular weight excluding hydrogens is 280 g/mol. The molecule has 102 valence electrons. The van der Waals surface area contributed by atoms with E-state index in [4.69, 9.17) is 4.55 Å². The maximum absolute atomic E-state index is 12.3. The van der Waals surface area contributed by atoms with Gasteiger partial charge in [0.25, 0.3) is 10.1 Å². The van der Waals surface area contributed by atoms with E-state index >= 15 is 0 Å². The summed E-state index contributed by atoms with van der Waals surface area (Å²) in [6.45, 7) is 0. The van der Waals surface area contributed by atoms with Gasteiger partial charge in [-0.25, -0.2) is 0 Å². The first-order chi connectivity index (χ1) is 9.39. The quantitative estimate of drug-likeness (QED) is 0.798. The summed E-state index contributed by atoms with van der Waals surface area (Å²) in [5.41, 5.74) is 1.01. The summed E-state index contributed by atoms with van der Waals surface area (Å²) in [5.74, 6) is -0.628. The number of hydrogen-bond acceptors (Lipinski definition) is 4. The lowest BCUT2D eigenvalue weighted by atomic mass is 9.80. The number of ketones is 2. The van der Waals surface area contributed by atoms with Crippen LogP contribution in [0.1, 0.15) is 33.6 Å². The molecule has 3 rings (SSSR count). The fraction of sp³-hybridized carbons (Fsp3) is 0.143. The summed E-state index contributed by atoms with van der Waals surface area (Å²) >= 11 is 0. The van der Waals surface area contributed by atoms with Gasteiger partial charge in [-0.15, -0.1) is 0 Å². The molecule has 0 saturated carbocycles. The Morgan fingerprint density at radius 1 is 0.950 bits per heavy atom. The lowest BCUT2D eigenvalue weighted by molar-refractivity contribution is 0.0974. The van der Waals surface area contributed by atoms with Gasteiger partial charge in [0.2, 0.25) is 0 Å². The van der Waals surface area contributed by atoms with Gasteiger partial charge in [-0.1, -0.05) is 24.3 Å². The first kappa shape index (κ1) is 13.0. The number of allylic oxidation sites excluding steroid dienone is 4. The van der Waals surface area contributed by atoms with Crippen molar-refractivity contribution in [2.75, 3.05) is 0 Å². The topological polar surface area (TPSA) is 88.5 Å². The Balaban J connectivity index is 2.21. The minimum atomic E-state index is -4.33. The number of fused-ring (bicyclic) bond motifs is 1. The summed E-state index contributed by atoms with van der Waals surface area (Å²) in [7, 11) is -4.33. The van der Waals surface area contributed by atoms with Crippen LogP contribution in [0.4, 0.5) is 0 Å². The van der Waals surface area contributed by atoms with E-state index in [2.05, 4.69) is 0 Å². The van der Waals surface area contributed by atoms with E-state index in [0.29, 0.717) is 11.1 Å². The molecule has 0 heterocycles. The second kappa shape index (κ2) is 4.22. The molecule has 0 amide bonds. The van der Waals surface area contributed by atoms with Crippen LogP contribution in [0.3, 0.4) is 0 Å². The first-order valence-corrected chi connectivity index (χ1v) is 7.43. The van der Waals surface area contributed by atoms with Crippen molar-refractivity contribution in [3.8, 4) is 0 Å². The van der Waals surface area contributed by atoms with Crippen LogP contribution in [0.2, 0.25) is 0 Å². The van der Waals surface area contributed by atoms with E-state index in [9.17, 15) is 18.0 Å². The fourth-order valence-electron chi connectivity index (χ4n) is 2.53. The van der Waals surface area contributed by atoms with Crippen LogP contribution in [-0.4, -0.2) is 24.5 Å². The Morgan fingerprint density at radius 3 is 2.15 bits per heavy atom. The van der Waals surface area contributed by atoms with E-state index in [0.717, 1.165) is 6.08 Å². The number of Topliss-reactive ketones (excluding diaryl/α,β-unsaturated/α-hetero) is 2. The standard InChI is InChI=1S/C14H10O5S/c15-13-9-3-1-2-4-10(9)14(16)12-7-8(20(17,18)19)5-6-11(12)13/h1-4,7H,5-6H2,(H,17,18,19). The maximum Gasteiger partial charge on any atom is 0.290 e. The predicted octanol–water partition coefficient (Wildman–Crippen LogP) is 1.93.